The van der Waals surface area contributed by atoms with Gasteiger partial charge in [0.15, 0.2) is 0 Å². The molecule has 0 aromatic carbocycles. The van der Waals surface area contributed by atoms with Crippen LogP contribution in [-0.2, 0) is 27.2 Å². The predicted molar refractivity (Wildman–Crippen MR) is 90.3 cm³/mol. The molecule has 0 fully saturated rings. The first-order chi connectivity index (χ1) is 11.5. The molecule has 0 N–H and O–H groups in total. The zero-order valence-electron chi connectivity index (χ0n) is 15.9. The van der Waals surface area contributed by atoms with Crippen LogP contribution < -0.4 is 20.2 Å². The summed E-state index contributed by atoms with van der Waals surface area (Å²) < 4.78 is 0. The van der Waals surface area contributed by atoms with E-state index >= 15 is 0 Å². The first kappa shape index (κ1) is 29.9. The third-order valence-electron chi connectivity index (χ3n) is 3.98. The van der Waals surface area contributed by atoms with Crippen molar-refractivity contribution in [3.63, 3.8) is 0 Å². The van der Waals surface area contributed by atoms with Crippen LogP contribution >= 0.6 is 0 Å². The van der Waals surface area contributed by atoms with Crippen LogP contribution in [-0.4, -0.2) is 13.3 Å². The Balaban J connectivity index is -0.000000867. The summed E-state index contributed by atoms with van der Waals surface area (Å²) in [5.74, 6) is -0.903. The molecule has 0 aliphatic heterocycles. The van der Waals surface area contributed by atoms with Crippen molar-refractivity contribution in [1.82, 2.24) is 0 Å². The fraction of sp³-hybridized carbons (Fsp3) is 0.944. The summed E-state index contributed by atoms with van der Waals surface area (Å²) in [6.45, 7) is 2.27. The number of rotatable bonds is 16. The van der Waals surface area contributed by atoms with Gasteiger partial charge in [0.2, 0.25) is 0 Å². The monoisotopic (exact) mass is 435 g/mol. The molecular formula is C18H35BNbO5-4. The molecule has 0 saturated heterocycles. The Bertz CT molecular complexity index is 253. The van der Waals surface area contributed by atoms with E-state index in [-0.39, 0.29) is 28.8 Å². The van der Waals surface area contributed by atoms with E-state index in [2.05, 4.69) is 6.92 Å². The van der Waals surface area contributed by atoms with Crippen LogP contribution in [0.15, 0.2) is 0 Å². The minimum atomic E-state index is -2.92. The number of hydrogen-bond donors (Lipinski definition) is 0. The van der Waals surface area contributed by atoms with Crippen LogP contribution in [0.5, 0.6) is 0 Å². The van der Waals surface area contributed by atoms with Gasteiger partial charge in [-0.25, -0.2) is 0 Å². The second kappa shape index (κ2) is 26.4. The van der Waals surface area contributed by atoms with E-state index in [1.165, 1.54) is 83.5 Å². The van der Waals surface area contributed by atoms with Crippen molar-refractivity contribution in [1.29, 1.82) is 0 Å². The summed E-state index contributed by atoms with van der Waals surface area (Å²) in [5, 5.41) is 35.5. The number of aliphatic carboxylic acids is 1. The molecule has 7 heteroatoms. The topological polar surface area (TPSA) is 109 Å². The van der Waals surface area contributed by atoms with Crippen LogP contribution in [0, 0.1) is 0 Å². The van der Waals surface area contributed by atoms with Gasteiger partial charge in [-0.05, 0) is 12.8 Å². The number of carboxylic acid groups (broad SMARTS) is 1. The Kier molecular flexibility index (Phi) is 31.6. The van der Waals surface area contributed by atoms with E-state index in [0.29, 0.717) is 0 Å². The molecule has 0 amide bonds. The van der Waals surface area contributed by atoms with Crippen LogP contribution in [0.4, 0.5) is 0 Å². The maximum absolute atomic E-state index is 10.2. The number of carboxylic acids is 1. The van der Waals surface area contributed by atoms with Crippen LogP contribution in [0.3, 0.4) is 0 Å². The molecule has 0 rings (SSSR count). The van der Waals surface area contributed by atoms with E-state index in [1.54, 1.807) is 0 Å². The average molecular weight is 435 g/mol. The van der Waals surface area contributed by atoms with E-state index in [1.807, 2.05) is 0 Å². The smallest absolute Gasteiger partial charge is 0.0414 e. The minimum absolute atomic E-state index is 0. The molecular weight excluding hydrogens is 400 g/mol. The Morgan fingerprint density at radius 3 is 1.12 bits per heavy atom. The van der Waals surface area contributed by atoms with Gasteiger partial charge in [-0.15, -0.1) is 0 Å². The van der Waals surface area contributed by atoms with Gasteiger partial charge in [-0.2, -0.15) is 0 Å². The fourth-order valence-electron chi connectivity index (χ4n) is 2.64. The molecule has 0 aromatic rings. The predicted octanol–water partition coefficient (Wildman–Crippen LogP) is 1.05. The molecule has 0 bridgehead atoms. The molecule has 25 heavy (non-hydrogen) atoms. The molecule has 0 saturated carbocycles. The summed E-state index contributed by atoms with van der Waals surface area (Å²) in [7, 11) is -2.92. The molecule has 149 valence electrons. The van der Waals surface area contributed by atoms with Gasteiger partial charge in [-0.1, -0.05) is 96.8 Å². The first-order valence-electron chi connectivity index (χ1n) is 9.68. The van der Waals surface area contributed by atoms with Crippen molar-refractivity contribution < 1.29 is 47.4 Å². The van der Waals surface area contributed by atoms with Crippen LogP contribution in [0.2, 0.25) is 0 Å². The van der Waals surface area contributed by atoms with E-state index in [4.69, 9.17) is 15.1 Å². The van der Waals surface area contributed by atoms with Gasteiger partial charge in [0.1, 0.15) is 0 Å². The maximum Gasteiger partial charge on any atom is 0.0414 e. The van der Waals surface area contributed by atoms with Crippen molar-refractivity contribution in [2.75, 3.05) is 0 Å². The summed E-state index contributed by atoms with van der Waals surface area (Å²) in [5.41, 5.74) is 0. The van der Waals surface area contributed by atoms with E-state index in [9.17, 15) is 9.90 Å². The second-order valence-corrected chi connectivity index (χ2v) is 6.36. The quantitative estimate of drug-likeness (QED) is 0.266. The molecule has 0 heterocycles. The van der Waals surface area contributed by atoms with Gasteiger partial charge in [-0.3, -0.25) is 7.32 Å². The van der Waals surface area contributed by atoms with E-state index < -0.39 is 13.3 Å². The zero-order valence-corrected chi connectivity index (χ0v) is 18.1. The molecule has 5 nitrogen and oxygen atoms in total. The number of carbonyl (C=O) groups excluding carboxylic acids is 1. The van der Waals surface area contributed by atoms with Gasteiger partial charge < -0.3 is 25.0 Å². The normalized spacial score (nSPS) is 9.76. The van der Waals surface area contributed by atoms with Crippen molar-refractivity contribution in [3.8, 4) is 0 Å². The standard InChI is InChI=1S/C18H36O2.BO3.Nb/c1-2-3-4-5-6-7-8-9-10-11-12-13-14-15-16-17-18(19)20;2-1(3)4;/h2-17H2,1H3,(H,19,20);;/q;-3;/p-1. The van der Waals surface area contributed by atoms with Crippen molar-refractivity contribution >= 4 is 13.3 Å². The third-order valence-corrected chi connectivity index (χ3v) is 3.98. The number of carbonyl (C=O) groups is 1. The van der Waals surface area contributed by atoms with Gasteiger partial charge in [0.05, 0.1) is 0 Å². The molecule has 0 aliphatic rings. The Hall–Kier alpha value is 0.155. The zero-order chi connectivity index (χ0) is 18.5. The van der Waals surface area contributed by atoms with Crippen LogP contribution in [0.1, 0.15) is 110 Å². The molecule has 1 radical (unpaired) electrons. The molecule has 0 atom stereocenters. The van der Waals surface area contributed by atoms with Crippen LogP contribution in [0.25, 0.3) is 0 Å². The van der Waals surface area contributed by atoms with Gasteiger partial charge >= 0.3 is 0 Å². The van der Waals surface area contributed by atoms with Crippen molar-refractivity contribution in [3.05, 3.63) is 0 Å². The minimum Gasteiger partial charge on any atom is -0.907 e. The Morgan fingerprint density at radius 2 is 0.880 bits per heavy atom. The number of unbranched alkanes of at least 4 members (excludes halogenated alkanes) is 14. The molecule has 0 aromatic heterocycles. The summed E-state index contributed by atoms with van der Waals surface area (Å²) in [4.78, 5) is 10.2. The summed E-state index contributed by atoms with van der Waals surface area (Å²) in [6.07, 6.45) is 19.9. The van der Waals surface area contributed by atoms with Gasteiger partial charge in [0, 0.05) is 28.3 Å². The van der Waals surface area contributed by atoms with Gasteiger partial charge in [0.25, 0.3) is 0 Å². The maximum atomic E-state index is 10.2. The second-order valence-electron chi connectivity index (χ2n) is 6.36. The molecule has 0 spiro atoms. The SMILES string of the molecule is CCCCCCCCCCCCCCCCCC(=O)[O-].[Nb].[O-]B([O-])[O-]. The van der Waals surface area contributed by atoms with Crippen molar-refractivity contribution in [2.45, 2.75) is 110 Å². The summed E-state index contributed by atoms with van der Waals surface area (Å²) in [6, 6.07) is 0. The first-order valence-corrected chi connectivity index (χ1v) is 9.68. The van der Waals surface area contributed by atoms with E-state index in [0.717, 1.165) is 12.8 Å². The largest absolute Gasteiger partial charge is 0.907 e. The Morgan fingerprint density at radius 1 is 0.640 bits per heavy atom. The third kappa shape index (κ3) is 40.3. The van der Waals surface area contributed by atoms with Crippen molar-refractivity contribution in [2.24, 2.45) is 0 Å². The fourth-order valence-corrected chi connectivity index (χ4v) is 2.64. The Labute approximate surface area is 170 Å². The number of hydrogen-bond acceptors (Lipinski definition) is 5. The molecule has 0 aliphatic carbocycles. The average Bonchev–Trinajstić information content (AvgIpc) is 2.50. The summed E-state index contributed by atoms with van der Waals surface area (Å²) >= 11 is 0. The molecule has 0 unspecified atom stereocenters.